The maximum absolute atomic E-state index is 12.7. The molecule has 0 radical (unpaired) electrons. The molecule has 0 unspecified atom stereocenters. The van der Waals surface area contributed by atoms with E-state index in [2.05, 4.69) is 25.1 Å². The Bertz CT molecular complexity index is 1020. The topological polar surface area (TPSA) is 34.9 Å². The van der Waals surface area contributed by atoms with Crippen LogP contribution >= 0.6 is 11.6 Å². The Kier molecular flexibility index (Phi) is 3.31. The lowest BCUT2D eigenvalue weighted by Crippen LogP contribution is -2.20. The maximum atomic E-state index is 12.7. The number of aromatic nitrogens is 2. The number of hydrogen-bond donors (Lipinski definition) is 0. The molecule has 3 aromatic rings. The Morgan fingerprint density at radius 2 is 2.04 bits per heavy atom. The zero-order chi connectivity index (χ0) is 16.0. The van der Waals surface area contributed by atoms with Crippen LogP contribution in [0.5, 0.6) is 0 Å². The molecule has 0 aliphatic carbocycles. The van der Waals surface area contributed by atoms with Crippen LogP contribution in [-0.2, 0) is 6.54 Å². The van der Waals surface area contributed by atoms with Crippen molar-refractivity contribution in [3.63, 3.8) is 0 Å². The van der Waals surface area contributed by atoms with Crippen LogP contribution in [0.3, 0.4) is 0 Å². The van der Waals surface area contributed by atoms with Gasteiger partial charge in [0.2, 0.25) is 0 Å². The third-order valence-corrected chi connectivity index (χ3v) is 4.56. The first-order valence-electron chi connectivity index (χ1n) is 7.60. The Labute approximate surface area is 138 Å². The molecule has 2 heterocycles. The van der Waals surface area contributed by atoms with Gasteiger partial charge in [0.05, 0.1) is 10.9 Å². The molecule has 1 aliphatic heterocycles. The van der Waals surface area contributed by atoms with Crippen molar-refractivity contribution in [1.29, 1.82) is 0 Å². The fourth-order valence-corrected chi connectivity index (χ4v) is 3.24. The second-order valence-electron chi connectivity index (χ2n) is 5.83. The summed E-state index contributed by atoms with van der Waals surface area (Å²) in [5, 5.41) is 1.14. The lowest BCUT2D eigenvalue weighted by atomic mass is 10.0. The highest BCUT2D eigenvalue weighted by Gasteiger charge is 2.21. The normalized spacial score (nSPS) is 15.3. The second-order valence-corrected chi connectivity index (χ2v) is 6.27. The predicted molar refractivity (Wildman–Crippen MR) is 94.7 cm³/mol. The molecule has 4 rings (SSSR count). The van der Waals surface area contributed by atoms with Crippen LogP contribution in [0, 0.1) is 6.92 Å². The summed E-state index contributed by atoms with van der Waals surface area (Å²) in [4.78, 5) is 17.4. The van der Waals surface area contributed by atoms with E-state index in [1.54, 1.807) is 16.7 Å². The summed E-state index contributed by atoms with van der Waals surface area (Å²) in [6, 6.07) is 13.5. The van der Waals surface area contributed by atoms with Crippen molar-refractivity contribution in [1.82, 2.24) is 9.55 Å². The monoisotopic (exact) mass is 322 g/mol. The van der Waals surface area contributed by atoms with Gasteiger partial charge in [0.15, 0.2) is 0 Å². The number of benzene rings is 2. The zero-order valence-corrected chi connectivity index (χ0v) is 13.5. The molecule has 0 spiro atoms. The second kappa shape index (κ2) is 5.36. The fraction of sp³-hybridized carbons (Fsp3) is 0.158. The fourth-order valence-electron chi connectivity index (χ4n) is 3.06. The number of aryl methyl sites for hydroxylation is 1. The van der Waals surface area contributed by atoms with E-state index < -0.39 is 0 Å². The number of nitrogens with zero attached hydrogens (tertiary/aromatic N) is 2. The van der Waals surface area contributed by atoms with Gasteiger partial charge in [-0.2, -0.15) is 0 Å². The first-order valence-corrected chi connectivity index (χ1v) is 7.98. The van der Waals surface area contributed by atoms with E-state index in [1.165, 1.54) is 11.1 Å². The lowest BCUT2D eigenvalue weighted by Gasteiger charge is -2.06. The van der Waals surface area contributed by atoms with E-state index in [0.29, 0.717) is 22.5 Å². The van der Waals surface area contributed by atoms with Crippen molar-refractivity contribution in [3.05, 3.63) is 74.8 Å². The SMILES string of the molecule is Cc1ccccc1C=C1CCn2c1nc1ccc(Cl)cc1c2=O. The Morgan fingerprint density at radius 3 is 2.87 bits per heavy atom. The van der Waals surface area contributed by atoms with Crippen LogP contribution in [0.4, 0.5) is 0 Å². The molecule has 0 fully saturated rings. The van der Waals surface area contributed by atoms with Crippen LogP contribution in [0.2, 0.25) is 5.02 Å². The molecule has 23 heavy (non-hydrogen) atoms. The van der Waals surface area contributed by atoms with Crippen LogP contribution in [0.15, 0.2) is 47.3 Å². The van der Waals surface area contributed by atoms with Gasteiger partial charge in [-0.25, -0.2) is 4.98 Å². The van der Waals surface area contributed by atoms with Crippen molar-refractivity contribution in [2.24, 2.45) is 0 Å². The molecule has 0 amide bonds. The quantitative estimate of drug-likeness (QED) is 0.669. The standard InChI is InChI=1S/C19H15ClN2O/c1-12-4-2-3-5-13(12)10-14-8-9-22-18(14)21-17-7-6-15(20)11-16(17)19(22)23/h2-7,10-11H,8-9H2,1H3. The molecular weight excluding hydrogens is 308 g/mol. The van der Waals surface area contributed by atoms with Crippen LogP contribution in [0.25, 0.3) is 22.6 Å². The van der Waals surface area contributed by atoms with E-state index >= 15 is 0 Å². The van der Waals surface area contributed by atoms with Crippen molar-refractivity contribution in [2.75, 3.05) is 0 Å². The van der Waals surface area contributed by atoms with Crippen molar-refractivity contribution in [3.8, 4) is 0 Å². The smallest absolute Gasteiger partial charge is 0.261 e. The summed E-state index contributed by atoms with van der Waals surface area (Å²) in [6.45, 7) is 2.76. The molecular formula is C19H15ClN2O. The van der Waals surface area contributed by atoms with Crippen molar-refractivity contribution in [2.45, 2.75) is 19.9 Å². The highest BCUT2D eigenvalue weighted by molar-refractivity contribution is 6.31. The molecule has 114 valence electrons. The van der Waals surface area contributed by atoms with Gasteiger partial charge < -0.3 is 0 Å². The Morgan fingerprint density at radius 1 is 1.22 bits per heavy atom. The number of halogens is 1. The third-order valence-electron chi connectivity index (χ3n) is 4.33. The first-order chi connectivity index (χ1) is 11.1. The van der Waals surface area contributed by atoms with E-state index in [0.717, 1.165) is 17.8 Å². The van der Waals surface area contributed by atoms with Gasteiger partial charge in [0.1, 0.15) is 5.82 Å². The van der Waals surface area contributed by atoms with E-state index in [-0.39, 0.29) is 5.56 Å². The minimum Gasteiger partial charge on any atom is -0.292 e. The highest BCUT2D eigenvalue weighted by atomic mass is 35.5. The van der Waals surface area contributed by atoms with Crippen LogP contribution in [0.1, 0.15) is 23.4 Å². The molecule has 4 heteroatoms. The van der Waals surface area contributed by atoms with Crippen LogP contribution < -0.4 is 5.56 Å². The predicted octanol–water partition coefficient (Wildman–Crippen LogP) is 4.30. The summed E-state index contributed by atoms with van der Waals surface area (Å²) in [5.74, 6) is 0.771. The average molecular weight is 323 g/mol. The van der Waals surface area contributed by atoms with Crippen molar-refractivity contribution >= 4 is 34.2 Å². The van der Waals surface area contributed by atoms with Gasteiger partial charge in [0.25, 0.3) is 5.56 Å². The molecule has 2 aromatic carbocycles. The molecule has 3 nitrogen and oxygen atoms in total. The molecule has 0 saturated carbocycles. The third kappa shape index (κ3) is 2.37. The molecule has 1 aliphatic rings. The summed E-state index contributed by atoms with van der Waals surface area (Å²) < 4.78 is 1.75. The zero-order valence-electron chi connectivity index (χ0n) is 12.7. The van der Waals surface area contributed by atoms with Gasteiger partial charge >= 0.3 is 0 Å². The Balaban J connectivity index is 1.93. The molecule has 0 atom stereocenters. The highest BCUT2D eigenvalue weighted by Crippen LogP contribution is 2.28. The molecule has 0 saturated heterocycles. The molecule has 0 N–H and O–H groups in total. The van der Waals surface area contributed by atoms with Crippen molar-refractivity contribution < 1.29 is 0 Å². The van der Waals surface area contributed by atoms with E-state index in [1.807, 2.05) is 18.2 Å². The summed E-state index contributed by atoms with van der Waals surface area (Å²) in [7, 11) is 0. The number of rotatable bonds is 1. The lowest BCUT2D eigenvalue weighted by molar-refractivity contribution is 0.725. The maximum Gasteiger partial charge on any atom is 0.261 e. The average Bonchev–Trinajstić information content (AvgIpc) is 2.94. The van der Waals surface area contributed by atoms with Gasteiger partial charge in [-0.3, -0.25) is 9.36 Å². The van der Waals surface area contributed by atoms with Gasteiger partial charge in [-0.1, -0.05) is 35.9 Å². The molecule has 1 aromatic heterocycles. The first kappa shape index (κ1) is 14.2. The van der Waals surface area contributed by atoms with E-state index in [9.17, 15) is 4.79 Å². The largest absolute Gasteiger partial charge is 0.292 e. The number of fused-ring (bicyclic) bond motifs is 2. The van der Waals surface area contributed by atoms with Gasteiger partial charge in [0, 0.05) is 11.6 Å². The summed E-state index contributed by atoms with van der Waals surface area (Å²) in [5.41, 5.74) is 4.17. The minimum atomic E-state index is -0.0133. The minimum absolute atomic E-state index is 0.0133. The van der Waals surface area contributed by atoms with Crippen LogP contribution in [-0.4, -0.2) is 9.55 Å². The number of allylic oxidation sites excluding steroid dienone is 1. The summed E-state index contributed by atoms with van der Waals surface area (Å²) >= 11 is 6.01. The van der Waals surface area contributed by atoms with Gasteiger partial charge in [-0.05, 0) is 54.3 Å². The summed E-state index contributed by atoms with van der Waals surface area (Å²) in [6.07, 6.45) is 2.96. The Hall–Kier alpha value is -2.39. The van der Waals surface area contributed by atoms with E-state index in [4.69, 9.17) is 16.6 Å². The molecule has 0 bridgehead atoms. The van der Waals surface area contributed by atoms with Gasteiger partial charge in [-0.15, -0.1) is 0 Å². The number of hydrogen-bond acceptors (Lipinski definition) is 2.